The molecule has 0 aromatic carbocycles. The molecule has 5 nitrogen and oxygen atoms in total. The van der Waals surface area contributed by atoms with E-state index in [2.05, 4.69) is 8.75 Å². The van der Waals surface area contributed by atoms with Gasteiger partial charge in [-0.05, 0) is 13.0 Å². The highest BCUT2D eigenvalue weighted by Gasteiger charge is 2.13. The molecular weight excluding hydrogens is 214 g/mol. The van der Waals surface area contributed by atoms with Crippen LogP contribution in [0.4, 0.5) is 0 Å². The van der Waals surface area contributed by atoms with Crippen LogP contribution in [0.15, 0.2) is 24.5 Å². The lowest BCUT2D eigenvalue weighted by atomic mass is 10.2. The summed E-state index contributed by atoms with van der Waals surface area (Å²) in [6.07, 6.45) is 2.86. The summed E-state index contributed by atoms with van der Waals surface area (Å²) in [6, 6.07) is 3.46. The van der Waals surface area contributed by atoms with E-state index in [1.54, 1.807) is 12.1 Å². The number of pyridine rings is 1. The molecule has 0 spiro atoms. The second kappa shape index (κ2) is 4.22. The molecule has 0 aliphatic rings. The zero-order valence-electron chi connectivity index (χ0n) is 8.08. The van der Waals surface area contributed by atoms with Crippen molar-refractivity contribution in [1.29, 1.82) is 0 Å². The molecule has 0 saturated heterocycles. The lowest BCUT2D eigenvalue weighted by Gasteiger charge is -2.01. The van der Waals surface area contributed by atoms with Gasteiger partial charge in [-0.3, -0.25) is 0 Å². The van der Waals surface area contributed by atoms with E-state index < -0.39 is 0 Å². The highest BCUT2D eigenvalue weighted by atomic mass is 32.1. The Balaban J connectivity index is 2.40. The summed E-state index contributed by atoms with van der Waals surface area (Å²) in [4.78, 5) is 0. The largest absolute Gasteiger partial charge is 0.619 e. The van der Waals surface area contributed by atoms with Gasteiger partial charge in [-0.25, -0.2) is 0 Å². The normalized spacial score (nSPS) is 10.2. The molecule has 0 radical (unpaired) electrons. The number of hydrogen-bond donors (Lipinski definition) is 0. The van der Waals surface area contributed by atoms with Gasteiger partial charge >= 0.3 is 0 Å². The molecule has 0 aliphatic heterocycles. The van der Waals surface area contributed by atoms with E-state index in [-0.39, 0.29) is 0 Å². The van der Waals surface area contributed by atoms with Crippen molar-refractivity contribution in [1.82, 2.24) is 8.75 Å². The first kappa shape index (κ1) is 9.85. The maximum atomic E-state index is 11.1. The second-order valence-corrected chi connectivity index (χ2v) is 3.33. The summed E-state index contributed by atoms with van der Waals surface area (Å²) < 4.78 is 14.1. The Morgan fingerprint density at radius 2 is 2.40 bits per heavy atom. The number of hydrogen-bond acceptors (Lipinski definition) is 5. The minimum atomic E-state index is 0.480. The van der Waals surface area contributed by atoms with Gasteiger partial charge in [0.1, 0.15) is 0 Å². The predicted octanol–water partition coefficient (Wildman–Crippen LogP) is 1.24. The van der Waals surface area contributed by atoms with Gasteiger partial charge in [0.25, 0.3) is 5.88 Å². The third kappa shape index (κ3) is 2.04. The molecule has 78 valence electrons. The molecule has 15 heavy (non-hydrogen) atoms. The van der Waals surface area contributed by atoms with Crippen LogP contribution in [0.5, 0.6) is 5.88 Å². The van der Waals surface area contributed by atoms with Gasteiger partial charge in [0.05, 0.1) is 23.9 Å². The van der Waals surface area contributed by atoms with Gasteiger partial charge < -0.3 is 9.94 Å². The van der Waals surface area contributed by atoms with E-state index in [0.717, 1.165) is 16.5 Å². The first-order valence-electron chi connectivity index (χ1n) is 4.46. The van der Waals surface area contributed by atoms with E-state index in [0.29, 0.717) is 23.7 Å². The third-order valence-electron chi connectivity index (χ3n) is 1.79. The maximum Gasteiger partial charge on any atom is 0.254 e. The third-order valence-corrected chi connectivity index (χ3v) is 2.30. The van der Waals surface area contributed by atoms with E-state index in [1.807, 2.05) is 6.92 Å². The zero-order chi connectivity index (χ0) is 10.7. The molecule has 0 amide bonds. The first-order chi connectivity index (χ1) is 7.31. The molecule has 2 heterocycles. The molecular formula is C9H9N3O2S. The van der Waals surface area contributed by atoms with Crippen molar-refractivity contribution in [2.45, 2.75) is 6.92 Å². The van der Waals surface area contributed by atoms with Crippen LogP contribution in [0.25, 0.3) is 11.3 Å². The van der Waals surface area contributed by atoms with E-state index in [4.69, 9.17) is 4.74 Å². The minimum Gasteiger partial charge on any atom is -0.619 e. The summed E-state index contributed by atoms with van der Waals surface area (Å²) in [5.74, 6) is 0.480. The molecule has 2 aromatic heterocycles. The van der Waals surface area contributed by atoms with E-state index in [1.165, 1.54) is 12.4 Å². The van der Waals surface area contributed by atoms with Crippen LogP contribution < -0.4 is 9.47 Å². The maximum absolute atomic E-state index is 11.1. The molecule has 0 bridgehead atoms. The molecule has 0 atom stereocenters. The molecule has 0 fully saturated rings. The van der Waals surface area contributed by atoms with Gasteiger partial charge in [0.2, 0.25) is 0 Å². The molecule has 0 aliphatic carbocycles. The van der Waals surface area contributed by atoms with Crippen LogP contribution >= 0.6 is 11.7 Å². The fraction of sp³-hybridized carbons (Fsp3) is 0.222. The van der Waals surface area contributed by atoms with Crippen LogP contribution in [0.3, 0.4) is 0 Å². The number of rotatable bonds is 3. The van der Waals surface area contributed by atoms with Crippen molar-refractivity contribution in [2.24, 2.45) is 0 Å². The summed E-state index contributed by atoms with van der Waals surface area (Å²) in [5, 5.41) is 11.1. The lowest BCUT2D eigenvalue weighted by Crippen LogP contribution is -2.24. The van der Waals surface area contributed by atoms with Crippen LogP contribution in [-0.4, -0.2) is 15.4 Å². The summed E-state index contributed by atoms with van der Waals surface area (Å²) in [6.45, 7) is 2.41. The van der Waals surface area contributed by atoms with E-state index >= 15 is 0 Å². The average Bonchev–Trinajstić information content (AvgIpc) is 2.66. The van der Waals surface area contributed by atoms with Crippen LogP contribution in [-0.2, 0) is 0 Å². The Kier molecular flexibility index (Phi) is 2.77. The van der Waals surface area contributed by atoms with Crippen LogP contribution in [0.1, 0.15) is 6.92 Å². The monoisotopic (exact) mass is 223 g/mol. The molecule has 0 unspecified atom stereocenters. The topological polar surface area (TPSA) is 62.0 Å². The fourth-order valence-corrected chi connectivity index (χ4v) is 1.70. The fourth-order valence-electron chi connectivity index (χ4n) is 1.18. The average molecular weight is 223 g/mol. The van der Waals surface area contributed by atoms with Crippen molar-refractivity contribution in [3.8, 4) is 17.1 Å². The van der Waals surface area contributed by atoms with Crippen molar-refractivity contribution in [2.75, 3.05) is 6.61 Å². The Hall–Kier alpha value is -1.69. The quantitative estimate of drug-likeness (QED) is 0.580. The lowest BCUT2D eigenvalue weighted by molar-refractivity contribution is -0.604. The molecule has 0 N–H and O–H groups in total. The zero-order valence-corrected chi connectivity index (χ0v) is 8.90. The van der Waals surface area contributed by atoms with Gasteiger partial charge in [0, 0.05) is 6.07 Å². The summed E-state index contributed by atoms with van der Waals surface area (Å²) >= 11 is 1.07. The highest BCUT2D eigenvalue weighted by molar-refractivity contribution is 6.99. The SMILES string of the molecule is CCOc1nsnc1-c1ccc[n+]([O-])c1. The van der Waals surface area contributed by atoms with Gasteiger partial charge in [-0.15, -0.1) is 4.37 Å². The van der Waals surface area contributed by atoms with E-state index in [9.17, 15) is 5.21 Å². The Bertz CT molecular complexity index is 458. The van der Waals surface area contributed by atoms with Crippen molar-refractivity contribution in [3.05, 3.63) is 29.7 Å². The highest BCUT2D eigenvalue weighted by Crippen LogP contribution is 2.26. The Labute approximate surface area is 90.9 Å². The summed E-state index contributed by atoms with van der Waals surface area (Å²) in [7, 11) is 0. The molecule has 0 saturated carbocycles. The number of aromatic nitrogens is 3. The summed E-state index contributed by atoms with van der Waals surface area (Å²) in [5.41, 5.74) is 1.33. The number of ether oxygens (including phenoxy) is 1. The smallest absolute Gasteiger partial charge is 0.254 e. The van der Waals surface area contributed by atoms with Crippen molar-refractivity contribution in [3.63, 3.8) is 0 Å². The Morgan fingerprint density at radius 1 is 1.53 bits per heavy atom. The van der Waals surface area contributed by atoms with Gasteiger partial charge in [0.15, 0.2) is 18.1 Å². The minimum absolute atomic E-state index is 0.480. The Morgan fingerprint density at radius 3 is 3.13 bits per heavy atom. The molecule has 2 rings (SSSR count). The van der Waals surface area contributed by atoms with Gasteiger partial charge in [-0.2, -0.15) is 9.10 Å². The molecule has 6 heteroatoms. The van der Waals surface area contributed by atoms with Crippen molar-refractivity contribution >= 4 is 11.7 Å². The molecule has 2 aromatic rings. The van der Waals surface area contributed by atoms with Crippen LogP contribution in [0, 0.1) is 5.21 Å². The first-order valence-corrected chi connectivity index (χ1v) is 5.19. The van der Waals surface area contributed by atoms with Crippen molar-refractivity contribution < 1.29 is 9.47 Å². The number of nitrogens with zero attached hydrogens (tertiary/aromatic N) is 3. The predicted molar refractivity (Wildman–Crippen MR) is 55.5 cm³/mol. The van der Waals surface area contributed by atoms with Crippen LogP contribution in [0.2, 0.25) is 0 Å². The standard InChI is InChI=1S/C9H9N3O2S/c1-2-14-9-8(10-15-11-9)7-4-3-5-12(13)6-7/h3-6H,2H2,1H3. The second-order valence-electron chi connectivity index (χ2n) is 2.80. The van der Waals surface area contributed by atoms with Gasteiger partial charge in [-0.1, -0.05) is 0 Å².